The molecule has 0 spiro atoms. The zero-order valence-corrected chi connectivity index (χ0v) is 10.8. The Hall–Kier alpha value is -1.88. The second kappa shape index (κ2) is 6.33. The van der Waals surface area contributed by atoms with Crippen molar-refractivity contribution in [2.45, 2.75) is 32.4 Å². The maximum Gasteiger partial charge on any atom is 0.174 e. The monoisotopic (exact) mass is 264 g/mol. The molecule has 1 unspecified atom stereocenters. The summed E-state index contributed by atoms with van der Waals surface area (Å²) >= 11 is 0. The van der Waals surface area contributed by atoms with Gasteiger partial charge in [-0.25, -0.2) is 4.39 Å². The summed E-state index contributed by atoms with van der Waals surface area (Å²) in [6.07, 6.45) is 3.02. The van der Waals surface area contributed by atoms with Crippen molar-refractivity contribution >= 4 is 0 Å². The summed E-state index contributed by atoms with van der Waals surface area (Å²) in [7, 11) is 0. The van der Waals surface area contributed by atoms with Gasteiger partial charge in [0.2, 0.25) is 0 Å². The second-order valence-electron chi connectivity index (χ2n) is 4.44. The van der Waals surface area contributed by atoms with Crippen molar-refractivity contribution < 1.29 is 13.7 Å². The third kappa shape index (κ3) is 4.06. The number of nitrogens with two attached hydrogens (primary N) is 1. The van der Waals surface area contributed by atoms with Gasteiger partial charge in [-0.15, -0.1) is 0 Å². The van der Waals surface area contributed by atoms with E-state index in [0.717, 1.165) is 12.0 Å². The van der Waals surface area contributed by atoms with E-state index in [1.165, 1.54) is 18.3 Å². The normalized spacial score (nSPS) is 12.4. The molecule has 2 N–H and O–H groups in total. The summed E-state index contributed by atoms with van der Waals surface area (Å²) < 4.78 is 23.9. The van der Waals surface area contributed by atoms with Crippen LogP contribution >= 0.6 is 0 Å². The number of rotatable bonds is 6. The van der Waals surface area contributed by atoms with Crippen LogP contribution in [0, 0.1) is 5.82 Å². The van der Waals surface area contributed by atoms with Crippen molar-refractivity contribution in [3.63, 3.8) is 0 Å². The third-order valence-electron chi connectivity index (χ3n) is 2.83. The molecule has 2 rings (SSSR count). The zero-order valence-electron chi connectivity index (χ0n) is 10.8. The van der Waals surface area contributed by atoms with Crippen molar-refractivity contribution in [3.05, 3.63) is 47.6 Å². The van der Waals surface area contributed by atoms with Gasteiger partial charge in [0.15, 0.2) is 5.76 Å². The Labute approximate surface area is 111 Å². The summed E-state index contributed by atoms with van der Waals surface area (Å²) in [5.41, 5.74) is 6.70. The molecular formula is C14H17FN2O2. The second-order valence-corrected chi connectivity index (χ2v) is 4.44. The van der Waals surface area contributed by atoms with E-state index in [-0.39, 0.29) is 18.5 Å². The van der Waals surface area contributed by atoms with Crippen LogP contribution in [0.5, 0.6) is 5.75 Å². The van der Waals surface area contributed by atoms with Gasteiger partial charge in [0, 0.05) is 18.2 Å². The maximum absolute atomic E-state index is 13.5. The number of halogens is 1. The molecule has 4 nitrogen and oxygen atoms in total. The van der Waals surface area contributed by atoms with Crippen molar-refractivity contribution in [1.82, 2.24) is 5.16 Å². The quantitative estimate of drug-likeness (QED) is 0.871. The van der Waals surface area contributed by atoms with Crippen molar-refractivity contribution in [2.75, 3.05) is 0 Å². The predicted octanol–water partition coefficient (Wildman–Crippen LogP) is 2.67. The van der Waals surface area contributed by atoms with Crippen molar-refractivity contribution in [1.29, 1.82) is 0 Å². The highest BCUT2D eigenvalue weighted by Gasteiger charge is 2.07. The van der Waals surface area contributed by atoms with Crippen LogP contribution in [-0.4, -0.2) is 11.2 Å². The molecule has 5 heteroatoms. The van der Waals surface area contributed by atoms with Gasteiger partial charge in [0.25, 0.3) is 0 Å². The van der Waals surface area contributed by atoms with Gasteiger partial charge >= 0.3 is 0 Å². The molecule has 0 bridgehead atoms. The lowest BCUT2D eigenvalue weighted by atomic mass is 10.0. The molecule has 0 saturated heterocycles. The van der Waals surface area contributed by atoms with Gasteiger partial charge in [-0.2, -0.15) is 0 Å². The molecule has 0 radical (unpaired) electrons. The minimum atomic E-state index is -0.326. The third-order valence-corrected chi connectivity index (χ3v) is 2.83. The maximum atomic E-state index is 13.5. The number of benzene rings is 1. The van der Waals surface area contributed by atoms with Crippen molar-refractivity contribution in [3.8, 4) is 5.75 Å². The van der Waals surface area contributed by atoms with Crippen LogP contribution in [0.1, 0.15) is 24.7 Å². The topological polar surface area (TPSA) is 61.3 Å². The largest absolute Gasteiger partial charge is 0.485 e. The van der Waals surface area contributed by atoms with Crippen LogP contribution in [0.4, 0.5) is 4.39 Å². The average molecular weight is 264 g/mol. The van der Waals surface area contributed by atoms with E-state index in [9.17, 15) is 4.39 Å². The number of aromatic nitrogens is 1. The fourth-order valence-corrected chi connectivity index (χ4v) is 1.74. The van der Waals surface area contributed by atoms with E-state index in [2.05, 4.69) is 5.16 Å². The molecule has 0 aliphatic rings. The van der Waals surface area contributed by atoms with Crippen LogP contribution in [-0.2, 0) is 13.0 Å². The molecule has 1 aromatic heterocycles. The van der Waals surface area contributed by atoms with E-state index < -0.39 is 0 Å². The molecule has 0 amide bonds. The molecule has 0 fully saturated rings. The SMILES string of the molecule is CCC(N)Cc1cc(F)cc(OCc2ccno2)c1. The highest BCUT2D eigenvalue weighted by atomic mass is 19.1. The first kappa shape index (κ1) is 13.5. The molecule has 19 heavy (non-hydrogen) atoms. The minimum Gasteiger partial charge on any atom is -0.485 e. The summed E-state index contributed by atoms with van der Waals surface area (Å²) in [5.74, 6) is 0.735. The first-order valence-electron chi connectivity index (χ1n) is 6.24. The van der Waals surface area contributed by atoms with Crippen molar-refractivity contribution in [2.24, 2.45) is 5.73 Å². The summed E-state index contributed by atoms with van der Waals surface area (Å²) in [5, 5.41) is 3.57. The van der Waals surface area contributed by atoms with Gasteiger partial charge in [0.05, 0.1) is 6.20 Å². The predicted molar refractivity (Wildman–Crippen MR) is 69.2 cm³/mol. The molecular weight excluding hydrogens is 247 g/mol. The molecule has 1 aromatic carbocycles. The summed E-state index contributed by atoms with van der Waals surface area (Å²) in [6.45, 7) is 2.23. The summed E-state index contributed by atoms with van der Waals surface area (Å²) in [6, 6.07) is 6.36. The Bertz CT molecular complexity index is 514. The number of hydrogen-bond acceptors (Lipinski definition) is 4. The molecule has 102 valence electrons. The van der Waals surface area contributed by atoms with E-state index in [0.29, 0.717) is 17.9 Å². The van der Waals surface area contributed by atoms with E-state index in [1.54, 1.807) is 12.1 Å². The van der Waals surface area contributed by atoms with Crippen LogP contribution < -0.4 is 10.5 Å². The van der Waals surface area contributed by atoms with E-state index >= 15 is 0 Å². The zero-order chi connectivity index (χ0) is 13.7. The minimum absolute atomic E-state index is 0.0314. The Morgan fingerprint density at radius 3 is 2.95 bits per heavy atom. The van der Waals surface area contributed by atoms with Gasteiger partial charge in [0.1, 0.15) is 18.2 Å². The van der Waals surface area contributed by atoms with Gasteiger partial charge < -0.3 is 15.0 Å². The molecule has 2 aromatic rings. The molecule has 1 heterocycles. The van der Waals surface area contributed by atoms with Gasteiger partial charge in [-0.1, -0.05) is 12.1 Å². The highest BCUT2D eigenvalue weighted by molar-refractivity contribution is 5.30. The molecule has 0 aliphatic carbocycles. The standard InChI is InChI=1S/C14H17FN2O2/c1-2-12(16)6-10-5-11(15)8-14(7-10)18-9-13-3-4-17-19-13/h3-5,7-8,12H,2,6,9,16H2,1H3. The Morgan fingerprint density at radius 2 is 2.26 bits per heavy atom. The number of ether oxygens (including phenoxy) is 1. The van der Waals surface area contributed by atoms with Gasteiger partial charge in [-0.3, -0.25) is 0 Å². The lowest BCUT2D eigenvalue weighted by Crippen LogP contribution is -2.21. The Kier molecular flexibility index (Phi) is 4.52. The molecule has 1 atom stereocenters. The number of hydrogen-bond donors (Lipinski definition) is 1. The first-order chi connectivity index (χ1) is 9.17. The van der Waals surface area contributed by atoms with Gasteiger partial charge in [-0.05, 0) is 30.5 Å². The first-order valence-corrected chi connectivity index (χ1v) is 6.24. The van der Waals surface area contributed by atoms with E-state index in [1.807, 2.05) is 6.92 Å². The lowest BCUT2D eigenvalue weighted by molar-refractivity contribution is 0.248. The lowest BCUT2D eigenvalue weighted by Gasteiger charge is -2.11. The van der Waals surface area contributed by atoms with E-state index in [4.69, 9.17) is 15.0 Å². The smallest absolute Gasteiger partial charge is 0.174 e. The fourth-order valence-electron chi connectivity index (χ4n) is 1.74. The van der Waals surface area contributed by atoms with Crippen LogP contribution in [0.25, 0.3) is 0 Å². The highest BCUT2D eigenvalue weighted by Crippen LogP contribution is 2.19. The van der Waals surface area contributed by atoms with Crippen LogP contribution in [0.2, 0.25) is 0 Å². The summed E-state index contributed by atoms with van der Waals surface area (Å²) in [4.78, 5) is 0. The van der Waals surface area contributed by atoms with Crippen LogP contribution in [0.3, 0.4) is 0 Å². The van der Waals surface area contributed by atoms with Crippen LogP contribution in [0.15, 0.2) is 35.0 Å². The number of nitrogens with zero attached hydrogens (tertiary/aromatic N) is 1. The average Bonchev–Trinajstić information content (AvgIpc) is 2.88. The Morgan fingerprint density at radius 1 is 1.42 bits per heavy atom. The molecule has 0 saturated carbocycles. The fraction of sp³-hybridized carbons (Fsp3) is 0.357. The Balaban J connectivity index is 2.03. The molecule has 0 aliphatic heterocycles.